The molecule has 4 nitrogen and oxygen atoms in total. The topological polar surface area (TPSA) is 47.8 Å². The summed E-state index contributed by atoms with van der Waals surface area (Å²) in [5.74, 6) is 2.33. The summed E-state index contributed by atoms with van der Waals surface area (Å²) in [5, 5.41) is 4.20. The van der Waals surface area contributed by atoms with Crippen LogP contribution in [-0.4, -0.2) is 20.5 Å². The lowest BCUT2D eigenvalue weighted by molar-refractivity contribution is -0.123. The van der Waals surface area contributed by atoms with Crippen molar-refractivity contribution in [1.29, 1.82) is 0 Å². The molecule has 0 saturated heterocycles. The lowest BCUT2D eigenvalue weighted by Crippen LogP contribution is -2.24. The molecule has 1 fully saturated rings. The van der Waals surface area contributed by atoms with Crippen molar-refractivity contribution in [1.82, 2.24) is 14.8 Å². The molecule has 21 heavy (non-hydrogen) atoms. The highest BCUT2D eigenvalue weighted by Gasteiger charge is 2.26. The predicted molar refractivity (Wildman–Crippen MR) is 84.0 cm³/mol. The molecule has 1 aliphatic rings. The Morgan fingerprint density at radius 1 is 1.24 bits per heavy atom. The molecule has 1 aromatic heterocycles. The average molecular weight is 291 g/mol. The third kappa shape index (κ3) is 4.65. The number of rotatable bonds is 8. The van der Waals surface area contributed by atoms with Crippen LogP contribution in [0.3, 0.4) is 0 Å². The zero-order chi connectivity index (χ0) is 15.1. The van der Waals surface area contributed by atoms with E-state index in [1.54, 1.807) is 6.33 Å². The fourth-order valence-electron chi connectivity index (χ4n) is 3.39. The number of carbonyl (C=O) groups is 1. The molecule has 1 aromatic rings. The highest BCUT2D eigenvalue weighted by molar-refractivity contribution is 5.82. The maximum absolute atomic E-state index is 12.5. The van der Waals surface area contributed by atoms with Crippen molar-refractivity contribution in [2.45, 2.75) is 78.2 Å². The maximum Gasteiger partial charge on any atom is 0.143 e. The SMILES string of the molecule is CCCCC1CCC(C(=O)Cc2ncnn2CCC)CC1. The Bertz CT molecular complexity index is 433. The van der Waals surface area contributed by atoms with Gasteiger partial charge in [0.15, 0.2) is 0 Å². The Kier molecular flexibility index (Phi) is 6.40. The molecule has 0 aromatic carbocycles. The summed E-state index contributed by atoms with van der Waals surface area (Å²) in [6.07, 6.45) is 11.6. The van der Waals surface area contributed by atoms with E-state index >= 15 is 0 Å². The Hall–Kier alpha value is -1.19. The van der Waals surface area contributed by atoms with Gasteiger partial charge in [-0.05, 0) is 38.0 Å². The third-order valence-electron chi connectivity index (χ3n) is 4.73. The number of hydrogen-bond donors (Lipinski definition) is 0. The second-order valence-electron chi connectivity index (χ2n) is 6.40. The van der Waals surface area contributed by atoms with Crippen LogP contribution < -0.4 is 0 Å². The van der Waals surface area contributed by atoms with Crippen molar-refractivity contribution in [2.75, 3.05) is 0 Å². The number of carbonyl (C=O) groups excluding carboxylic acids is 1. The fraction of sp³-hybridized carbons (Fsp3) is 0.824. The molecular weight excluding hydrogens is 262 g/mol. The average Bonchev–Trinajstić information content (AvgIpc) is 2.93. The molecule has 0 bridgehead atoms. The van der Waals surface area contributed by atoms with E-state index in [0.717, 1.165) is 37.5 Å². The largest absolute Gasteiger partial charge is 0.299 e. The van der Waals surface area contributed by atoms with E-state index in [0.29, 0.717) is 12.2 Å². The van der Waals surface area contributed by atoms with Crippen molar-refractivity contribution in [2.24, 2.45) is 11.8 Å². The van der Waals surface area contributed by atoms with Gasteiger partial charge in [-0.25, -0.2) is 9.67 Å². The number of ketones is 1. The lowest BCUT2D eigenvalue weighted by Gasteiger charge is -2.27. The first kappa shape index (κ1) is 16.2. The molecule has 4 heteroatoms. The normalized spacial score (nSPS) is 22.4. The van der Waals surface area contributed by atoms with Gasteiger partial charge in [0.1, 0.15) is 17.9 Å². The van der Waals surface area contributed by atoms with Crippen molar-refractivity contribution in [3.8, 4) is 0 Å². The molecule has 1 heterocycles. The number of aromatic nitrogens is 3. The summed E-state index contributed by atoms with van der Waals surface area (Å²) < 4.78 is 1.88. The van der Waals surface area contributed by atoms with Crippen LogP contribution in [0.1, 0.15) is 71.0 Å². The Labute approximate surface area is 128 Å². The summed E-state index contributed by atoms with van der Waals surface area (Å²) in [7, 11) is 0. The molecule has 0 spiro atoms. The van der Waals surface area contributed by atoms with E-state index in [-0.39, 0.29) is 5.92 Å². The molecule has 0 aliphatic heterocycles. The quantitative estimate of drug-likeness (QED) is 0.732. The van der Waals surface area contributed by atoms with E-state index in [1.807, 2.05) is 4.68 Å². The highest BCUT2D eigenvalue weighted by atomic mass is 16.1. The van der Waals surface area contributed by atoms with E-state index in [4.69, 9.17) is 0 Å². The second-order valence-corrected chi connectivity index (χ2v) is 6.40. The van der Waals surface area contributed by atoms with Crippen LogP contribution in [0.15, 0.2) is 6.33 Å². The van der Waals surface area contributed by atoms with Gasteiger partial charge in [0.05, 0.1) is 6.42 Å². The molecule has 1 aliphatic carbocycles. The van der Waals surface area contributed by atoms with Crippen molar-refractivity contribution in [3.05, 3.63) is 12.2 Å². The third-order valence-corrected chi connectivity index (χ3v) is 4.73. The number of nitrogens with zero attached hydrogens (tertiary/aromatic N) is 3. The van der Waals surface area contributed by atoms with E-state index < -0.39 is 0 Å². The van der Waals surface area contributed by atoms with Gasteiger partial charge in [0.2, 0.25) is 0 Å². The molecule has 1 saturated carbocycles. The van der Waals surface area contributed by atoms with E-state index in [1.165, 1.54) is 32.1 Å². The Balaban J connectivity index is 1.80. The molecule has 0 radical (unpaired) electrons. The number of aryl methyl sites for hydroxylation is 1. The second kappa shape index (κ2) is 8.30. The number of unbranched alkanes of at least 4 members (excludes halogenated alkanes) is 1. The summed E-state index contributed by atoms with van der Waals surface area (Å²) in [4.78, 5) is 16.7. The minimum Gasteiger partial charge on any atom is -0.299 e. The standard InChI is InChI=1S/C17H29N3O/c1-3-5-6-14-7-9-15(10-8-14)16(21)12-17-18-13-19-20(17)11-4-2/h13-15H,3-12H2,1-2H3. The van der Waals surface area contributed by atoms with Crippen molar-refractivity contribution < 1.29 is 4.79 Å². The fourth-order valence-corrected chi connectivity index (χ4v) is 3.39. The van der Waals surface area contributed by atoms with Crippen molar-refractivity contribution in [3.63, 3.8) is 0 Å². The van der Waals surface area contributed by atoms with Gasteiger partial charge in [0, 0.05) is 12.5 Å². The monoisotopic (exact) mass is 291 g/mol. The van der Waals surface area contributed by atoms with Crippen LogP contribution >= 0.6 is 0 Å². The summed E-state index contributed by atoms with van der Waals surface area (Å²) >= 11 is 0. The van der Waals surface area contributed by atoms with Gasteiger partial charge in [-0.1, -0.05) is 33.1 Å². The molecule has 0 atom stereocenters. The highest BCUT2D eigenvalue weighted by Crippen LogP contribution is 2.32. The molecule has 0 amide bonds. The Morgan fingerprint density at radius 3 is 2.67 bits per heavy atom. The van der Waals surface area contributed by atoms with Crippen LogP contribution in [0, 0.1) is 11.8 Å². The number of Topliss-reactive ketones (excluding diaryl/α,β-unsaturated/α-hetero) is 1. The van der Waals surface area contributed by atoms with Gasteiger partial charge in [-0.15, -0.1) is 0 Å². The van der Waals surface area contributed by atoms with E-state index in [2.05, 4.69) is 23.9 Å². The summed E-state index contributed by atoms with van der Waals surface area (Å²) in [5.41, 5.74) is 0. The van der Waals surface area contributed by atoms with Gasteiger partial charge in [0.25, 0.3) is 0 Å². The predicted octanol–water partition coefficient (Wildman–Crippen LogP) is 3.80. The van der Waals surface area contributed by atoms with Gasteiger partial charge in [-0.2, -0.15) is 5.10 Å². The van der Waals surface area contributed by atoms with Gasteiger partial charge < -0.3 is 0 Å². The zero-order valence-corrected chi connectivity index (χ0v) is 13.6. The molecule has 2 rings (SSSR count). The van der Waals surface area contributed by atoms with Crippen LogP contribution in [0.2, 0.25) is 0 Å². The minimum atomic E-state index is 0.259. The van der Waals surface area contributed by atoms with Crippen LogP contribution in [0.5, 0.6) is 0 Å². The number of hydrogen-bond acceptors (Lipinski definition) is 3. The van der Waals surface area contributed by atoms with Gasteiger partial charge in [-0.3, -0.25) is 4.79 Å². The smallest absolute Gasteiger partial charge is 0.143 e. The van der Waals surface area contributed by atoms with Crippen LogP contribution in [-0.2, 0) is 17.8 Å². The van der Waals surface area contributed by atoms with Crippen LogP contribution in [0.25, 0.3) is 0 Å². The van der Waals surface area contributed by atoms with Crippen LogP contribution in [0.4, 0.5) is 0 Å². The van der Waals surface area contributed by atoms with Gasteiger partial charge >= 0.3 is 0 Å². The maximum atomic E-state index is 12.5. The first-order valence-corrected chi connectivity index (χ1v) is 8.64. The summed E-state index contributed by atoms with van der Waals surface area (Å²) in [6, 6.07) is 0. The molecular formula is C17H29N3O. The summed E-state index contributed by atoms with van der Waals surface area (Å²) in [6.45, 7) is 5.22. The van der Waals surface area contributed by atoms with Crippen molar-refractivity contribution >= 4 is 5.78 Å². The lowest BCUT2D eigenvalue weighted by atomic mass is 9.77. The zero-order valence-electron chi connectivity index (χ0n) is 13.6. The Morgan fingerprint density at radius 2 is 2.00 bits per heavy atom. The minimum absolute atomic E-state index is 0.259. The molecule has 0 N–H and O–H groups in total. The first-order chi connectivity index (χ1) is 10.2. The van der Waals surface area contributed by atoms with E-state index in [9.17, 15) is 4.79 Å². The molecule has 118 valence electrons. The molecule has 0 unspecified atom stereocenters. The first-order valence-electron chi connectivity index (χ1n) is 8.64.